The number of nitrogens with zero attached hydrogens (tertiary/aromatic N) is 1. The van der Waals surface area contributed by atoms with Crippen LogP contribution in [0, 0.1) is 5.82 Å². The fourth-order valence-electron chi connectivity index (χ4n) is 1.58. The first kappa shape index (κ1) is 16.4. The fourth-order valence-corrected chi connectivity index (χ4v) is 1.58. The molecule has 1 unspecified atom stereocenters. The highest BCUT2D eigenvalue weighted by molar-refractivity contribution is 5.67. The summed E-state index contributed by atoms with van der Waals surface area (Å²) < 4.78 is 18.1. The number of ether oxygens (including phenoxy) is 1. The van der Waals surface area contributed by atoms with E-state index in [0.717, 1.165) is 6.20 Å². The third-order valence-corrected chi connectivity index (χ3v) is 2.82. The number of hydrogen-bond acceptors (Lipinski definition) is 4. The Kier molecular flexibility index (Phi) is 5.05. The monoisotopic (exact) mass is 283 g/mol. The molecule has 0 aliphatic heterocycles. The number of rotatable bonds is 4. The Morgan fingerprint density at radius 2 is 2.05 bits per heavy atom. The second kappa shape index (κ2) is 6.17. The number of carbonyl (C=O) groups is 1. The number of pyridine rings is 1. The summed E-state index contributed by atoms with van der Waals surface area (Å²) in [6, 6.07) is 2.89. The summed E-state index contributed by atoms with van der Waals surface area (Å²) in [6.45, 7) is 7.74. The third-order valence-electron chi connectivity index (χ3n) is 2.82. The van der Waals surface area contributed by atoms with Crippen molar-refractivity contribution >= 4 is 6.09 Å². The van der Waals surface area contributed by atoms with Gasteiger partial charge in [0.15, 0.2) is 0 Å². The zero-order valence-electron chi connectivity index (χ0n) is 12.4. The molecule has 1 amide bonds. The molecule has 0 aliphatic carbocycles. The number of nitrogens with one attached hydrogen (secondary N) is 1. The fraction of sp³-hybridized carbons (Fsp3) is 0.571. The zero-order valence-corrected chi connectivity index (χ0v) is 12.4. The standard InChI is InChI=1S/C14H22FN3O2/c1-13(2,3)20-12(19)18-9-14(4,8-16)11-6-5-10(15)7-17-11/h5-7H,8-9,16H2,1-4H3,(H,18,19). The molecule has 0 aromatic carbocycles. The molecular weight excluding hydrogens is 261 g/mol. The quantitative estimate of drug-likeness (QED) is 0.885. The number of halogens is 1. The summed E-state index contributed by atoms with van der Waals surface area (Å²) in [4.78, 5) is 15.7. The Bertz CT molecular complexity index is 456. The molecule has 0 saturated carbocycles. The molecule has 0 spiro atoms. The van der Waals surface area contributed by atoms with Gasteiger partial charge in [0.25, 0.3) is 0 Å². The molecule has 3 N–H and O–H groups in total. The Morgan fingerprint density at radius 3 is 2.50 bits per heavy atom. The van der Waals surface area contributed by atoms with E-state index in [-0.39, 0.29) is 13.1 Å². The van der Waals surface area contributed by atoms with Gasteiger partial charge in [0.2, 0.25) is 0 Å². The van der Waals surface area contributed by atoms with Crippen LogP contribution >= 0.6 is 0 Å². The molecule has 0 radical (unpaired) electrons. The lowest BCUT2D eigenvalue weighted by Gasteiger charge is -2.28. The maximum atomic E-state index is 12.9. The van der Waals surface area contributed by atoms with Gasteiger partial charge in [-0.1, -0.05) is 6.92 Å². The van der Waals surface area contributed by atoms with Crippen molar-refractivity contribution in [1.29, 1.82) is 0 Å². The van der Waals surface area contributed by atoms with Crippen LogP contribution in [-0.4, -0.2) is 29.8 Å². The van der Waals surface area contributed by atoms with Gasteiger partial charge in [-0.25, -0.2) is 9.18 Å². The second-order valence-corrected chi connectivity index (χ2v) is 5.98. The van der Waals surface area contributed by atoms with Gasteiger partial charge in [-0.3, -0.25) is 4.98 Å². The number of aromatic nitrogens is 1. The molecule has 1 heterocycles. The highest BCUT2D eigenvalue weighted by atomic mass is 19.1. The summed E-state index contributed by atoms with van der Waals surface area (Å²) in [5.74, 6) is -0.409. The summed E-state index contributed by atoms with van der Waals surface area (Å²) in [7, 11) is 0. The molecule has 0 aliphatic rings. The third kappa shape index (κ3) is 4.77. The van der Waals surface area contributed by atoms with Crippen molar-refractivity contribution in [3.8, 4) is 0 Å². The number of hydrogen-bond donors (Lipinski definition) is 2. The van der Waals surface area contributed by atoms with Crippen molar-refractivity contribution in [2.24, 2.45) is 5.73 Å². The maximum Gasteiger partial charge on any atom is 0.407 e. The molecular formula is C14H22FN3O2. The Hall–Kier alpha value is -1.69. The van der Waals surface area contributed by atoms with Crippen LogP contribution < -0.4 is 11.1 Å². The molecule has 20 heavy (non-hydrogen) atoms. The largest absolute Gasteiger partial charge is 0.444 e. The summed E-state index contributed by atoms with van der Waals surface area (Å²) >= 11 is 0. The molecule has 0 bridgehead atoms. The van der Waals surface area contributed by atoms with Crippen LogP contribution in [0.25, 0.3) is 0 Å². The molecule has 6 heteroatoms. The van der Waals surface area contributed by atoms with Crippen LogP contribution in [0.5, 0.6) is 0 Å². The topological polar surface area (TPSA) is 77.2 Å². The minimum absolute atomic E-state index is 0.261. The van der Waals surface area contributed by atoms with Gasteiger partial charge < -0.3 is 15.8 Å². The lowest BCUT2D eigenvalue weighted by atomic mass is 9.86. The van der Waals surface area contributed by atoms with Gasteiger partial charge in [-0.2, -0.15) is 0 Å². The molecule has 112 valence electrons. The number of carbonyl (C=O) groups excluding carboxylic acids is 1. The first-order valence-electron chi connectivity index (χ1n) is 6.45. The lowest BCUT2D eigenvalue weighted by molar-refractivity contribution is 0.0516. The van der Waals surface area contributed by atoms with Gasteiger partial charge in [0.05, 0.1) is 6.20 Å². The summed E-state index contributed by atoms with van der Waals surface area (Å²) in [5, 5.41) is 2.67. The van der Waals surface area contributed by atoms with E-state index in [4.69, 9.17) is 10.5 Å². The van der Waals surface area contributed by atoms with E-state index in [2.05, 4.69) is 10.3 Å². The first-order chi connectivity index (χ1) is 9.16. The van der Waals surface area contributed by atoms with Crippen LogP contribution in [0.15, 0.2) is 18.3 Å². The van der Waals surface area contributed by atoms with Crippen molar-refractivity contribution in [2.75, 3.05) is 13.1 Å². The van der Waals surface area contributed by atoms with E-state index in [1.54, 1.807) is 26.8 Å². The molecule has 1 aromatic rings. The molecule has 1 atom stereocenters. The predicted octanol–water partition coefficient (Wildman–Crippen LogP) is 1.96. The van der Waals surface area contributed by atoms with Crippen molar-refractivity contribution in [3.05, 3.63) is 29.8 Å². The van der Waals surface area contributed by atoms with Gasteiger partial charge in [-0.15, -0.1) is 0 Å². The van der Waals surface area contributed by atoms with Crippen LogP contribution in [0.2, 0.25) is 0 Å². The highest BCUT2D eigenvalue weighted by Gasteiger charge is 2.28. The van der Waals surface area contributed by atoms with Crippen molar-refractivity contribution in [2.45, 2.75) is 38.7 Å². The minimum atomic E-state index is -0.579. The van der Waals surface area contributed by atoms with Crippen LogP contribution in [0.4, 0.5) is 9.18 Å². The minimum Gasteiger partial charge on any atom is -0.444 e. The van der Waals surface area contributed by atoms with E-state index in [0.29, 0.717) is 5.69 Å². The van der Waals surface area contributed by atoms with Gasteiger partial charge in [0, 0.05) is 24.2 Å². The molecule has 1 rings (SSSR count). The van der Waals surface area contributed by atoms with Gasteiger partial charge >= 0.3 is 6.09 Å². The summed E-state index contributed by atoms with van der Waals surface area (Å²) in [6.07, 6.45) is 0.621. The smallest absolute Gasteiger partial charge is 0.407 e. The lowest BCUT2D eigenvalue weighted by Crippen LogP contribution is -2.45. The van der Waals surface area contributed by atoms with E-state index in [1.807, 2.05) is 6.92 Å². The molecule has 5 nitrogen and oxygen atoms in total. The maximum absolute atomic E-state index is 12.9. The zero-order chi connectivity index (χ0) is 15.4. The first-order valence-corrected chi connectivity index (χ1v) is 6.45. The van der Waals surface area contributed by atoms with E-state index in [1.165, 1.54) is 6.07 Å². The molecule has 0 fully saturated rings. The van der Waals surface area contributed by atoms with Crippen LogP contribution in [0.3, 0.4) is 0 Å². The van der Waals surface area contributed by atoms with Gasteiger partial charge in [0.1, 0.15) is 11.4 Å². The summed E-state index contributed by atoms with van der Waals surface area (Å²) in [5.41, 5.74) is 5.25. The average Bonchev–Trinajstić information content (AvgIpc) is 2.35. The SMILES string of the molecule is CC(C)(C)OC(=O)NCC(C)(CN)c1ccc(F)cn1. The molecule has 0 saturated heterocycles. The Labute approximate surface area is 118 Å². The van der Waals surface area contributed by atoms with Crippen molar-refractivity contribution in [3.63, 3.8) is 0 Å². The van der Waals surface area contributed by atoms with E-state index < -0.39 is 22.9 Å². The number of amides is 1. The second-order valence-electron chi connectivity index (χ2n) is 5.98. The van der Waals surface area contributed by atoms with Crippen molar-refractivity contribution in [1.82, 2.24) is 10.3 Å². The average molecular weight is 283 g/mol. The number of nitrogens with two attached hydrogens (primary N) is 1. The molecule has 1 aromatic heterocycles. The Balaban J connectivity index is 2.71. The normalized spacial score (nSPS) is 14.5. The predicted molar refractivity (Wildman–Crippen MR) is 74.8 cm³/mol. The van der Waals surface area contributed by atoms with Gasteiger partial charge in [-0.05, 0) is 32.9 Å². The van der Waals surface area contributed by atoms with Crippen LogP contribution in [0.1, 0.15) is 33.4 Å². The Morgan fingerprint density at radius 1 is 1.40 bits per heavy atom. The van der Waals surface area contributed by atoms with Crippen LogP contribution in [-0.2, 0) is 10.2 Å². The van der Waals surface area contributed by atoms with E-state index in [9.17, 15) is 9.18 Å². The highest BCUT2D eigenvalue weighted by Crippen LogP contribution is 2.20. The number of alkyl carbamates (subject to hydrolysis) is 1. The van der Waals surface area contributed by atoms with E-state index >= 15 is 0 Å². The van der Waals surface area contributed by atoms with Crippen molar-refractivity contribution < 1.29 is 13.9 Å².